The smallest absolute Gasteiger partial charge is 0.268 e. The van der Waals surface area contributed by atoms with Gasteiger partial charge in [-0.1, -0.05) is 41.6 Å². The molecule has 0 radical (unpaired) electrons. The van der Waals surface area contributed by atoms with E-state index in [0.29, 0.717) is 15.5 Å². The zero-order chi connectivity index (χ0) is 22.3. The minimum Gasteiger partial charge on any atom is -0.268 e. The zero-order valence-electron chi connectivity index (χ0n) is 16.6. The van der Waals surface area contributed by atoms with Crippen LogP contribution in [0.5, 0.6) is 0 Å². The molecule has 0 spiro atoms. The molecule has 1 aliphatic heterocycles. The number of thioether (sulfide) groups is 1. The summed E-state index contributed by atoms with van der Waals surface area (Å²) in [5, 5.41) is 0.546. The number of anilines is 1. The molecule has 0 saturated carbocycles. The Bertz CT molecular complexity index is 1250. The van der Waals surface area contributed by atoms with E-state index in [4.69, 9.17) is 11.6 Å². The first-order chi connectivity index (χ1) is 14.8. The van der Waals surface area contributed by atoms with Gasteiger partial charge >= 0.3 is 0 Å². The summed E-state index contributed by atoms with van der Waals surface area (Å²) in [6.07, 6.45) is 0. The van der Waals surface area contributed by atoms with Gasteiger partial charge in [0, 0.05) is 16.0 Å². The maximum absolute atomic E-state index is 13.8. The first kappa shape index (κ1) is 21.3. The monoisotopic (exact) mass is 455 g/mol. The summed E-state index contributed by atoms with van der Waals surface area (Å²) in [5.41, 5.74) is 2.79. The average molecular weight is 456 g/mol. The van der Waals surface area contributed by atoms with Gasteiger partial charge in [-0.25, -0.2) is 13.7 Å². The molecule has 2 amide bonds. The van der Waals surface area contributed by atoms with Crippen molar-refractivity contribution < 1.29 is 18.4 Å². The lowest BCUT2D eigenvalue weighted by Crippen LogP contribution is -2.31. The quantitative estimate of drug-likeness (QED) is 0.432. The van der Waals surface area contributed by atoms with E-state index in [1.165, 1.54) is 6.07 Å². The van der Waals surface area contributed by atoms with Crippen LogP contribution in [0.4, 0.5) is 14.5 Å². The van der Waals surface area contributed by atoms with Crippen LogP contribution in [0, 0.1) is 25.5 Å². The van der Waals surface area contributed by atoms with Gasteiger partial charge in [0.05, 0.1) is 16.2 Å². The first-order valence-electron chi connectivity index (χ1n) is 9.35. The summed E-state index contributed by atoms with van der Waals surface area (Å²) in [5.74, 6) is -3.37. The van der Waals surface area contributed by atoms with Crippen LogP contribution in [0.1, 0.15) is 16.7 Å². The molecule has 0 bridgehead atoms. The first-order valence-corrected chi connectivity index (χ1v) is 10.5. The highest BCUT2D eigenvalue weighted by Crippen LogP contribution is 2.42. The van der Waals surface area contributed by atoms with Crippen LogP contribution < -0.4 is 4.90 Å². The molecular weight excluding hydrogens is 440 g/mol. The number of hydrogen-bond donors (Lipinski definition) is 0. The van der Waals surface area contributed by atoms with Gasteiger partial charge in [0.1, 0.15) is 0 Å². The Kier molecular flexibility index (Phi) is 5.69. The predicted molar refractivity (Wildman–Crippen MR) is 119 cm³/mol. The van der Waals surface area contributed by atoms with E-state index in [1.54, 1.807) is 30.3 Å². The van der Waals surface area contributed by atoms with Crippen LogP contribution in [0.3, 0.4) is 0 Å². The van der Waals surface area contributed by atoms with Crippen molar-refractivity contribution in [1.82, 2.24) is 0 Å². The molecule has 4 rings (SSSR count). The predicted octanol–water partition coefficient (Wildman–Crippen LogP) is 6.31. The maximum atomic E-state index is 13.8. The molecule has 3 nitrogen and oxygen atoms in total. The molecule has 0 fully saturated rings. The molecule has 0 aromatic heterocycles. The van der Waals surface area contributed by atoms with E-state index in [2.05, 4.69) is 0 Å². The van der Waals surface area contributed by atoms with E-state index in [1.807, 2.05) is 26.0 Å². The molecule has 156 valence electrons. The van der Waals surface area contributed by atoms with Gasteiger partial charge in [-0.3, -0.25) is 9.59 Å². The van der Waals surface area contributed by atoms with Gasteiger partial charge in [-0.05, 0) is 66.9 Å². The van der Waals surface area contributed by atoms with Crippen molar-refractivity contribution in [2.24, 2.45) is 0 Å². The van der Waals surface area contributed by atoms with E-state index < -0.39 is 23.4 Å². The molecule has 0 N–H and O–H groups in total. The van der Waals surface area contributed by atoms with Crippen LogP contribution in [-0.2, 0) is 9.59 Å². The molecule has 7 heteroatoms. The normalized spacial score (nSPS) is 14.0. The molecule has 0 atom stereocenters. The van der Waals surface area contributed by atoms with Crippen molar-refractivity contribution in [3.63, 3.8) is 0 Å². The van der Waals surface area contributed by atoms with Gasteiger partial charge in [0.2, 0.25) is 0 Å². The summed E-state index contributed by atoms with van der Waals surface area (Å²) in [7, 11) is 0. The molecule has 3 aromatic rings. The number of amides is 2. The minimum absolute atomic E-state index is 0.0260. The molecule has 0 aliphatic carbocycles. The number of halogens is 3. The molecule has 0 unspecified atom stereocenters. The summed E-state index contributed by atoms with van der Waals surface area (Å²) in [6.45, 7) is 3.87. The van der Waals surface area contributed by atoms with Crippen molar-refractivity contribution >= 4 is 46.4 Å². The van der Waals surface area contributed by atoms with Gasteiger partial charge in [-0.2, -0.15) is 0 Å². The third-order valence-corrected chi connectivity index (χ3v) is 6.37. The third-order valence-electron chi connectivity index (χ3n) is 5.03. The van der Waals surface area contributed by atoms with E-state index in [0.717, 1.165) is 39.9 Å². The largest absolute Gasteiger partial charge is 0.272 e. The Labute approximate surface area is 187 Å². The minimum atomic E-state index is -1.13. The van der Waals surface area contributed by atoms with Crippen LogP contribution in [0.25, 0.3) is 5.57 Å². The third kappa shape index (κ3) is 4.01. The fourth-order valence-corrected chi connectivity index (χ4v) is 4.35. The van der Waals surface area contributed by atoms with Crippen molar-refractivity contribution in [1.29, 1.82) is 0 Å². The highest BCUT2D eigenvalue weighted by atomic mass is 35.5. The summed E-state index contributed by atoms with van der Waals surface area (Å²) < 4.78 is 27.2. The number of carbonyl (C=O) groups excluding carboxylic acids is 2. The Hall–Kier alpha value is -2.96. The Morgan fingerprint density at radius 1 is 0.806 bits per heavy atom. The SMILES string of the molecule is Cc1ccc(C2=C(Sc3ccc(Cl)cc3)C(=O)N(c3ccc(F)c(F)c3)C2=O)cc1C. The average Bonchev–Trinajstić information content (AvgIpc) is 2.98. The lowest BCUT2D eigenvalue weighted by atomic mass is 10.0. The highest BCUT2D eigenvalue weighted by Gasteiger charge is 2.40. The van der Waals surface area contributed by atoms with Crippen molar-refractivity contribution in [2.45, 2.75) is 18.7 Å². The van der Waals surface area contributed by atoms with Crippen molar-refractivity contribution in [3.05, 3.63) is 98.9 Å². The number of aryl methyl sites for hydroxylation is 2. The van der Waals surface area contributed by atoms with Gasteiger partial charge in [0.15, 0.2) is 11.6 Å². The molecule has 0 saturated heterocycles. The number of imide groups is 1. The Balaban J connectivity index is 1.84. The highest BCUT2D eigenvalue weighted by molar-refractivity contribution is 8.04. The fourth-order valence-electron chi connectivity index (χ4n) is 3.23. The number of carbonyl (C=O) groups is 2. The lowest BCUT2D eigenvalue weighted by Gasteiger charge is -2.15. The Morgan fingerprint density at radius 3 is 2.16 bits per heavy atom. The summed E-state index contributed by atoms with van der Waals surface area (Å²) >= 11 is 7.08. The molecule has 1 heterocycles. The lowest BCUT2D eigenvalue weighted by molar-refractivity contribution is -0.119. The van der Waals surface area contributed by atoms with E-state index in [-0.39, 0.29) is 16.2 Å². The van der Waals surface area contributed by atoms with Crippen LogP contribution in [0.2, 0.25) is 5.02 Å². The molecule has 1 aliphatic rings. The standard InChI is InChI=1S/C24H16ClF2NO2S/c1-13-3-4-15(11-14(13)2)21-22(31-18-8-5-16(25)6-9-18)24(30)28(23(21)29)17-7-10-19(26)20(27)12-17/h3-12H,1-2H3. The molecule has 3 aromatic carbocycles. The van der Waals surface area contributed by atoms with E-state index >= 15 is 0 Å². The van der Waals surface area contributed by atoms with Crippen LogP contribution in [-0.4, -0.2) is 11.8 Å². The molecular formula is C24H16ClF2NO2S. The number of rotatable bonds is 4. The summed E-state index contributed by atoms with van der Waals surface area (Å²) in [6, 6.07) is 15.3. The number of nitrogens with zero attached hydrogens (tertiary/aromatic N) is 1. The van der Waals surface area contributed by atoms with Crippen LogP contribution >= 0.6 is 23.4 Å². The molecule has 31 heavy (non-hydrogen) atoms. The van der Waals surface area contributed by atoms with Gasteiger partial charge in [0.25, 0.3) is 11.8 Å². The maximum Gasteiger partial charge on any atom is 0.272 e. The zero-order valence-corrected chi connectivity index (χ0v) is 18.2. The van der Waals surface area contributed by atoms with Crippen molar-refractivity contribution in [2.75, 3.05) is 4.90 Å². The second kappa shape index (κ2) is 8.29. The van der Waals surface area contributed by atoms with E-state index in [9.17, 15) is 18.4 Å². The summed E-state index contributed by atoms with van der Waals surface area (Å²) in [4.78, 5) is 28.5. The second-order valence-corrected chi connectivity index (χ2v) is 8.62. The second-order valence-electron chi connectivity index (χ2n) is 7.10. The Morgan fingerprint density at radius 2 is 1.52 bits per heavy atom. The van der Waals surface area contributed by atoms with Gasteiger partial charge in [-0.15, -0.1) is 0 Å². The number of hydrogen-bond acceptors (Lipinski definition) is 3. The van der Waals surface area contributed by atoms with Gasteiger partial charge < -0.3 is 0 Å². The topological polar surface area (TPSA) is 37.4 Å². The van der Waals surface area contributed by atoms with Crippen LogP contribution in [0.15, 0.2) is 70.5 Å². The number of benzene rings is 3. The van der Waals surface area contributed by atoms with Crippen molar-refractivity contribution in [3.8, 4) is 0 Å². The fraction of sp³-hybridized carbons (Fsp3) is 0.0833.